The molecule has 1 heterocycles. The molecule has 104 valence electrons. The van der Waals surface area contributed by atoms with Crippen LogP contribution in [0.2, 0.25) is 5.02 Å². The standard InChI is InChI=1S/C15H13ClFNO2/c1-9-4-10(2-3-14(9)16)13(6-15(19)20)11-5-12(17)8-18-7-11/h2-5,7-8,13H,6H2,1H3,(H,19,20)/t13-/m0/s1. The Balaban J connectivity index is 2.46. The number of aromatic nitrogens is 1. The summed E-state index contributed by atoms with van der Waals surface area (Å²) in [5.41, 5.74) is 2.17. The van der Waals surface area contributed by atoms with Gasteiger partial charge in [0, 0.05) is 17.1 Å². The maximum atomic E-state index is 13.3. The number of aryl methyl sites for hydroxylation is 1. The SMILES string of the molecule is Cc1cc([C@H](CC(=O)O)c2cncc(F)c2)ccc1Cl. The van der Waals surface area contributed by atoms with E-state index in [0.29, 0.717) is 10.6 Å². The Morgan fingerprint density at radius 2 is 2.10 bits per heavy atom. The van der Waals surface area contributed by atoms with Gasteiger partial charge in [0.2, 0.25) is 0 Å². The van der Waals surface area contributed by atoms with Crippen molar-refractivity contribution < 1.29 is 14.3 Å². The first-order valence-electron chi connectivity index (χ1n) is 6.05. The van der Waals surface area contributed by atoms with Crippen LogP contribution in [0, 0.1) is 12.7 Å². The van der Waals surface area contributed by atoms with Crippen molar-refractivity contribution in [3.63, 3.8) is 0 Å². The van der Waals surface area contributed by atoms with Crippen molar-refractivity contribution in [2.24, 2.45) is 0 Å². The number of nitrogens with zero attached hydrogens (tertiary/aromatic N) is 1. The molecule has 0 unspecified atom stereocenters. The minimum atomic E-state index is -0.952. The molecule has 5 heteroatoms. The second-order valence-corrected chi connectivity index (χ2v) is 5.00. The monoisotopic (exact) mass is 293 g/mol. The number of pyridine rings is 1. The predicted molar refractivity (Wildman–Crippen MR) is 74.5 cm³/mol. The summed E-state index contributed by atoms with van der Waals surface area (Å²) in [4.78, 5) is 14.8. The number of rotatable bonds is 4. The molecule has 0 radical (unpaired) electrons. The van der Waals surface area contributed by atoms with Crippen molar-refractivity contribution in [3.8, 4) is 0 Å². The Labute approximate surface area is 121 Å². The van der Waals surface area contributed by atoms with E-state index in [-0.39, 0.29) is 6.42 Å². The third-order valence-corrected chi connectivity index (χ3v) is 3.52. The fourth-order valence-electron chi connectivity index (χ4n) is 2.11. The van der Waals surface area contributed by atoms with E-state index in [1.807, 2.05) is 13.0 Å². The van der Waals surface area contributed by atoms with Crippen LogP contribution in [0.1, 0.15) is 29.0 Å². The Morgan fingerprint density at radius 1 is 1.35 bits per heavy atom. The first kappa shape index (κ1) is 14.5. The van der Waals surface area contributed by atoms with E-state index < -0.39 is 17.7 Å². The van der Waals surface area contributed by atoms with Gasteiger partial charge in [0.15, 0.2) is 0 Å². The number of hydrogen-bond acceptors (Lipinski definition) is 2. The molecular formula is C15H13ClFNO2. The van der Waals surface area contributed by atoms with Crippen molar-refractivity contribution in [2.45, 2.75) is 19.3 Å². The molecule has 1 aromatic carbocycles. The Hall–Kier alpha value is -1.94. The van der Waals surface area contributed by atoms with Crippen molar-refractivity contribution in [1.29, 1.82) is 0 Å². The van der Waals surface area contributed by atoms with Gasteiger partial charge in [0.1, 0.15) is 5.82 Å². The molecule has 1 aromatic heterocycles. The van der Waals surface area contributed by atoms with Gasteiger partial charge in [0.05, 0.1) is 12.6 Å². The molecular weight excluding hydrogens is 281 g/mol. The molecule has 0 aliphatic carbocycles. The largest absolute Gasteiger partial charge is 0.481 e. The van der Waals surface area contributed by atoms with Gasteiger partial charge < -0.3 is 5.11 Å². The molecule has 2 rings (SSSR count). The highest BCUT2D eigenvalue weighted by Gasteiger charge is 2.19. The molecule has 0 saturated carbocycles. The van der Waals surface area contributed by atoms with Gasteiger partial charge in [-0.25, -0.2) is 4.39 Å². The molecule has 0 aliphatic heterocycles. The van der Waals surface area contributed by atoms with Crippen LogP contribution in [0.3, 0.4) is 0 Å². The zero-order chi connectivity index (χ0) is 14.7. The molecule has 0 aliphatic rings. The first-order valence-corrected chi connectivity index (χ1v) is 6.43. The molecule has 20 heavy (non-hydrogen) atoms. The van der Waals surface area contributed by atoms with Crippen LogP contribution in [-0.4, -0.2) is 16.1 Å². The van der Waals surface area contributed by atoms with Crippen LogP contribution in [-0.2, 0) is 4.79 Å². The summed E-state index contributed by atoms with van der Waals surface area (Å²) < 4.78 is 13.3. The van der Waals surface area contributed by atoms with Crippen LogP contribution in [0.15, 0.2) is 36.7 Å². The van der Waals surface area contributed by atoms with E-state index in [4.69, 9.17) is 16.7 Å². The van der Waals surface area contributed by atoms with E-state index in [1.165, 1.54) is 12.3 Å². The molecule has 0 fully saturated rings. The van der Waals surface area contributed by atoms with Crippen LogP contribution in [0.25, 0.3) is 0 Å². The van der Waals surface area contributed by atoms with Crippen LogP contribution in [0.4, 0.5) is 4.39 Å². The number of aliphatic carboxylic acids is 1. The smallest absolute Gasteiger partial charge is 0.304 e. The van der Waals surface area contributed by atoms with Crippen molar-refractivity contribution >= 4 is 17.6 Å². The van der Waals surface area contributed by atoms with Crippen LogP contribution >= 0.6 is 11.6 Å². The highest BCUT2D eigenvalue weighted by Crippen LogP contribution is 2.30. The number of halogens is 2. The second kappa shape index (κ2) is 6.01. The summed E-state index contributed by atoms with van der Waals surface area (Å²) in [6.07, 6.45) is 2.45. The summed E-state index contributed by atoms with van der Waals surface area (Å²) in [5, 5.41) is 9.67. The van der Waals surface area contributed by atoms with E-state index in [9.17, 15) is 9.18 Å². The summed E-state index contributed by atoms with van der Waals surface area (Å²) in [6.45, 7) is 1.84. The van der Waals surface area contributed by atoms with Gasteiger partial charge in [-0.1, -0.05) is 23.7 Å². The molecule has 2 aromatic rings. The van der Waals surface area contributed by atoms with Crippen molar-refractivity contribution in [2.75, 3.05) is 0 Å². The molecule has 1 atom stereocenters. The van der Waals surface area contributed by atoms with Crippen LogP contribution < -0.4 is 0 Å². The molecule has 0 spiro atoms. The predicted octanol–water partition coefficient (Wildman–Crippen LogP) is 3.79. The highest BCUT2D eigenvalue weighted by molar-refractivity contribution is 6.31. The number of carboxylic acid groups (broad SMARTS) is 1. The Bertz CT molecular complexity index is 646. The fraction of sp³-hybridized carbons (Fsp3) is 0.200. The lowest BCUT2D eigenvalue weighted by atomic mass is 9.89. The first-order chi connectivity index (χ1) is 9.47. The number of carboxylic acids is 1. The third kappa shape index (κ3) is 3.33. The minimum absolute atomic E-state index is 0.133. The van der Waals surface area contributed by atoms with Crippen molar-refractivity contribution in [3.05, 3.63) is 64.2 Å². The Morgan fingerprint density at radius 3 is 2.70 bits per heavy atom. The summed E-state index contributed by atoms with van der Waals surface area (Å²) in [5.74, 6) is -1.89. The average molecular weight is 294 g/mol. The summed E-state index contributed by atoms with van der Waals surface area (Å²) in [6, 6.07) is 6.60. The maximum absolute atomic E-state index is 13.3. The summed E-state index contributed by atoms with van der Waals surface area (Å²) in [7, 11) is 0. The molecule has 0 amide bonds. The molecule has 3 nitrogen and oxygen atoms in total. The van der Waals surface area contributed by atoms with Gasteiger partial charge >= 0.3 is 5.97 Å². The van der Waals surface area contributed by atoms with E-state index in [1.54, 1.807) is 12.1 Å². The van der Waals surface area contributed by atoms with Gasteiger partial charge in [-0.15, -0.1) is 0 Å². The highest BCUT2D eigenvalue weighted by atomic mass is 35.5. The zero-order valence-electron chi connectivity index (χ0n) is 10.8. The average Bonchev–Trinajstić information content (AvgIpc) is 2.39. The minimum Gasteiger partial charge on any atom is -0.481 e. The van der Waals surface area contributed by atoms with Gasteiger partial charge in [-0.05, 0) is 35.7 Å². The van der Waals surface area contributed by atoms with E-state index >= 15 is 0 Å². The van der Waals surface area contributed by atoms with E-state index in [2.05, 4.69) is 4.98 Å². The van der Waals surface area contributed by atoms with Gasteiger partial charge in [-0.2, -0.15) is 0 Å². The lowest BCUT2D eigenvalue weighted by Gasteiger charge is -2.16. The number of carbonyl (C=O) groups is 1. The molecule has 0 bridgehead atoms. The normalized spacial score (nSPS) is 12.2. The van der Waals surface area contributed by atoms with Crippen molar-refractivity contribution in [1.82, 2.24) is 4.98 Å². The quantitative estimate of drug-likeness (QED) is 0.933. The Kier molecular flexibility index (Phi) is 4.35. The topological polar surface area (TPSA) is 50.2 Å². The van der Waals surface area contributed by atoms with E-state index in [0.717, 1.165) is 17.3 Å². The number of benzene rings is 1. The van der Waals surface area contributed by atoms with Gasteiger partial charge in [-0.3, -0.25) is 9.78 Å². The van der Waals surface area contributed by atoms with Gasteiger partial charge in [0.25, 0.3) is 0 Å². The lowest BCUT2D eigenvalue weighted by molar-refractivity contribution is -0.137. The zero-order valence-corrected chi connectivity index (χ0v) is 11.6. The summed E-state index contributed by atoms with van der Waals surface area (Å²) >= 11 is 5.97. The maximum Gasteiger partial charge on any atom is 0.304 e. The number of hydrogen-bond donors (Lipinski definition) is 1. The molecule has 1 N–H and O–H groups in total. The van der Waals surface area contributed by atoms with Crippen LogP contribution in [0.5, 0.6) is 0 Å². The fourth-order valence-corrected chi connectivity index (χ4v) is 2.22. The third-order valence-electron chi connectivity index (χ3n) is 3.09. The second-order valence-electron chi connectivity index (χ2n) is 4.60. The lowest BCUT2D eigenvalue weighted by Crippen LogP contribution is -2.09. The molecule has 0 saturated heterocycles.